The summed E-state index contributed by atoms with van der Waals surface area (Å²) < 4.78 is 0. The molecule has 2 heterocycles. The first kappa shape index (κ1) is 11.7. The van der Waals surface area contributed by atoms with Crippen LogP contribution in [0.3, 0.4) is 0 Å². The van der Waals surface area contributed by atoms with Crippen LogP contribution in [0.4, 0.5) is 5.69 Å². The van der Waals surface area contributed by atoms with Gasteiger partial charge in [0, 0.05) is 34.6 Å². The second kappa shape index (κ2) is 5.08. The van der Waals surface area contributed by atoms with Crippen LogP contribution in [0.5, 0.6) is 0 Å². The van der Waals surface area contributed by atoms with Crippen LogP contribution in [0.2, 0.25) is 0 Å². The predicted octanol–water partition coefficient (Wildman–Crippen LogP) is 2.80. The molecule has 0 radical (unpaired) electrons. The second-order valence-electron chi connectivity index (χ2n) is 4.60. The lowest BCUT2D eigenvalue weighted by atomic mass is 10.2. The Morgan fingerprint density at radius 2 is 2.28 bits per heavy atom. The van der Waals surface area contributed by atoms with E-state index in [1.165, 1.54) is 17.7 Å². The van der Waals surface area contributed by atoms with E-state index in [-0.39, 0.29) is 6.61 Å². The smallest absolute Gasteiger partial charge is 0.0717 e. The third-order valence-corrected chi connectivity index (χ3v) is 4.11. The van der Waals surface area contributed by atoms with Crippen molar-refractivity contribution in [1.29, 1.82) is 0 Å². The molecule has 2 aromatic rings. The van der Waals surface area contributed by atoms with Gasteiger partial charge < -0.3 is 10.0 Å². The van der Waals surface area contributed by atoms with Crippen molar-refractivity contribution in [3.8, 4) is 0 Å². The fourth-order valence-electron chi connectivity index (χ4n) is 2.19. The zero-order valence-electron chi connectivity index (χ0n) is 10.1. The van der Waals surface area contributed by atoms with Crippen LogP contribution in [0.15, 0.2) is 36.0 Å². The molecular weight excluding hydrogens is 244 g/mol. The Balaban J connectivity index is 1.89. The van der Waals surface area contributed by atoms with Crippen LogP contribution in [0.25, 0.3) is 0 Å². The molecule has 0 atom stereocenters. The first-order chi connectivity index (χ1) is 8.88. The number of hydrogen-bond donors (Lipinski definition) is 1. The highest BCUT2D eigenvalue weighted by molar-refractivity contribution is 7.09. The van der Waals surface area contributed by atoms with Gasteiger partial charge in [-0.25, -0.2) is 0 Å². The van der Waals surface area contributed by atoms with Gasteiger partial charge in [-0.2, -0.15) is 0 Å². The molecule has 0 unspecified atom stereocenters. The molecule has 0 bridgehead atoms. The summed E-state index contributed by atoms with van der Waals surface area (Å²) in [7, 11) is 0. The first-order valence-corrected chi connectivity index (χ1v) is 7.09. The third kappa shape index (κ3) is 2.40. The Kier molecular flexibility index (Phi) is 3.30. The zero-order chi connectivity index (χ0) is 12.4. The molecule has 2 aromatic heterocycles. The van der Waals surface area contributed by atoms with Gasteiger partial charge in [0.1, 0.15) is 0 Å². The maximum Gasteiger partial charge on any atom is 0.0717 e. The summed E-state index contributed by atoms with van der Waals surface area (Å²) in [6.07, 6.45) is 6.06. The van der Waals surface area contributed by atoms with Gasteiger partial charge in [-0.15, -0.1) is 11.3 Å². The van der Waals surface area contributed by atoms with Crippen molar-refractivity contribution in [1.82, 2.24) is 4.98 Å². The zero-order valence-corrected chi connectivity index (χ0v) is 10.9. The van der Waals surface area contributed by atoms with Gasteiger partial charge in [0.2, 0.25) is 0 Å². The van der Waals surface area contributed by atoms with E-state index >= 15 is 0 Å². The SMILES string of the molecule is OCc1cnccc1N(Cc1cccs1)C1CC1. The van der Waals surface area contributed by atoms with E-state index < -0.39 is 0 Å². The number of nitrogens with zero attached hydrogens (tertiary/aromatic N) is 2. The molecule has 0 amide bonds. The Labute approximate surface area is 111 Å². The molecule has 0 spiro atoms. The van der Waals surface area contributed by atoms with Gasteiger partial charge in [0.05, 0.1) is 13.2 Å². The van der Waals surface area contributed by atoms with Crippen molar-refractivity contribution < 1.29 is 5.11 Å². The molecule has 1 fully saturated rings. The summed E-state index contributed by atoms with van der Waals surface area (Å²) >= 11 is 1.78. The van der Waals surface area contributed by atoms with Crippen LogP contribution in [-0.4, -0.2) is 16.1 Å². The van der Waals surface area contributed by atoms with Crippen molar-refractivity contribution in [3.05, 3.63) is 46.4 Å². The number of aliphatic hydroxyl groups is 1. The van der Waals surface area contributed by atoms with Gasteiger partial charge in [-0.1, -0.05) is 6.07 Å². The van der Waals surface area contributed by atoms with Gasteiger partial charge in [-0.3, -0.25) is 4.98 Å². The van der Waals surface area contributed by atoms with Crippen LogP contribution >= 0.6 is 11.3 Å². The lowest BCUT2D eigenvalue weighted by molar-refractivity contribution is 0.281. The summed E-state index contributed by atoms with van der Waals surface area (Å²) in [5.74, 6) is 0. The van der Waals surface area contributed by atoms with Gasteiger partial charge >= 0.3 is 0 Å². The summed E-state index contributed by atoms with van der Waals surface area (Å²) in [4.78, 5) is 7.86. The predicted molar refractivity (Wildman–Crippen MR) is 73.7 cm³/mol. The highest BCUT2D eigenvalue weighted by atomic mass is 32.1. The second-order valence-corrected chi connectivity index (χ2v) is 5.63. The number of anilines is 1. The van der Waals surface area contributed by atoms with Crippen molar-refractivity contribution in [2.24, 2.45) is 0 Å². The van der Waals surface area contributed by atoms with Crippen LogP contribution in [0.1, 0.15) is 23.3 Å². The molecule has 3 nitrogen and oxygen atoms in total. The van der Waals surface area contributed by atoms with Gasteiger partial charge in [0.15, 0.2) is 0 Å². The van der Waals surface area contributed by atoms with Crippen LogP contribution in [0, 0.1) is 0 Å². The number of pyridine rings is 1. The minimum absolute atomic E-state index is 0.0524. The lowest BCUT2D eigenvalue weighted by Crippen LogP contribution is -2.25. The maximum absolute atomic E-state index is 9.43. The average Bonchev–Trinajstić information content (AvgIpc) is 3.13. The molecule has 0 aromatic carbocycles. The Hall–Kier alpha value is -1.39. The molecule has 1 saturated carbocycles. The fourth-order valence-corrected chi connectivity index (χ4v) is 2.89. The molecule has 1 N–H and O–H groups in total. The molecule has 18 heavy (non-hydrogen) atoms. The minimum atomic E-state index is 0.0524. The first-order valence-electron chi connectivity index (χ1n) is 6.21. The topological polar surface area (TPSA) is 36.4 Å². The Morgan fingerprint density at radius 1 is 1.39 bits per heavy atom. The molecular formula is C14H16N2OS. The molecule has 0 aliphatic heterocycles. The van der Waals surface area contributed by atoms with Gasteiger partial charge in [0.25, 0.3) is 0 Å². The normalized spacial score (nSPS) is 14.7. The standard InChI is InChI=1S/C14H16N2OS/c17-10-11-8-15-6-5-14(11)16(12-3-4-12)9-13-2-1-7-18-13/h1-2,5-8,12,17H,3-4,9-10H2. The van der Waals surface area contributed by atoms with Crippen molar-refractivity contribution >= 4 is 17.0 Å². The van der Waals surface area contributed by atoms with Crippen LogP contribution < -0.4 is 4.90 Å². The van der Waals surface area contributed by atoms with Crippen molar-refractivity contribution in [2.45, 2.75) is 32.0 Å². The van der Waals surface area contributed by atoms with E-state index in [2.05, 4.69) is 27.4 Å². The molecule has 94 valence electrons. The number of hydrogen-bond acceptors (Lipinski definition) is 4. The summed E-state index contributed by atoms with van der Waals surface area (Å²) in [5, 5.41) is 11.5. The number of thiophene rings is 1. The van der Waals surface area contributed by atoms with E-state index in [0.717, 1.165) is 17.8 Å². The summed E-state index contributed by atoms with van der Waals surface area (Å²) in [6, 6.07) is 6.89. The highest BCUT2D eigenvalue weighted by Crippen LogP contribution is 2.35. The van der Waals surface area contributed by atoms with E-state index in [1.54, 1.807) is 23.7 Å². The molecule has 1 aliphatic carbocycles. The van der Waals surface area contributed by atoms with E-state index in [9.17, 15) is 5.11 Å². The van der Waals surface area contributed by atoms with Gasteiger partial charge in [-0.05, 0) is 30.4 Å². The van der Waals surface area contributed by atoms with Crippen LogP contribution in [-0.2, 0) is 13.2 Å². The highest BCUT2D eigenvalue weighted by Gasteiger charge is 2.30. The summed E-state index contributed by atoms with van der Waals surface area (Å²) in [5.41, 5.74) is 2.05. The Bertz CT molecular complexity index is 508. The Morgan fingerprint density at radius 3 is 2.94 bits per heavy atom. The van der Waals surface area contributed by atoms with Crippen molar-refractivity contribution in [2.75, 3.05) is 4.90 Å². The quantitative estimate of drug-likeness (QED) is 0.898. The maximum atomic E-state index is 9.43. The largest absolute Gasteiger partial charge is 0.392 e. The summed E-state index contributed by atoms with van der Waals surface area (Å²) in [6.45, 7) is 0.982. The van der Waals surface area contributed by atoms with E-state index in [1.807, 2.05) is 6.07 Å². The molecule has 0 saturated heterocycles. The lowest BCUT2D eigenvalue weighted by Gasteiger charge is -2.26. The monoisotopic (exact) mass is 260 g/mol. The number of aliphatic hydroxyl groups excluding tert-OH is 1. The minimum Gasteiger partial charge on any atom is -0.392 e. The third-order valence-electron chi connectivity index (χ3n) is 3.25. The molecule has 1 aliphatic rings. The number of aromatic nitrogens is 1. The average molecular weight is 260 g/mol. The van der Waals surface area contributed by atoms with E-state index in [4.69, 9.17) is 0 Å². The van der Waals surface area contributed by atoms with E-state index in [0.29, 0.717) is 6.04 Å². The number of rotatable bonds is 5. The van der Waals surface area contributed by atoms with Crippen molar-refractivity contribution in [3.63, 3.8) is 0 Å². The fraction of sp³-hybridized carbons (Fsp3) is 0.357. The molecule has 3 rings (SSSR count). The molecule has 4 heteroatoms.